The van der Waals surface area contributed by atoms with E-state index in [-0.39, 0.29) is 0 Å². The van der Waals surface area contributed by atoms with Crippen LogP contribution in [0.5, 0.6) is 5.75 Å². The summed E-state index contributed by atoms with van der Waals surface area (Å²) in [5, 5.41) is 0. The van der Waals surface area contributed by atoms with Crippen molar-refractivity contribution in [3.63, 3.8) is 0 Å². The third kappa shape index (κ3) is 2.75. The Kier molecular flexibility index (Phi) is 3.26. The molecule has 0 aliphatic carbocycles. The van der Waals surface area contributed by atoms with Gasteiger partial charge in [0.1, 0.15) is 0 Å². The molecule has 0 heterocycles. The molecule has 1 aromatic carbocycles. The van der Waals surface area contributed by atoms with Crippen molar-refractivity contribution in [2.45, 2.75) is 0 Å². The molecule has 1 rings (SSSR count). The molecule has 1 aromatic rings. The van der Waals surface area contributed by atoms with Gasteiger partial charge in [0.2, 0.25) is 0 Å². The van der Waals surface area contributed by atoms with Crippen molar-refractivity contribution in [2.75, 3.05) is 0 Å². The zero-order valence-corrected chi connectivity index (χ0v) is 8.55. The van der Waals surface area contributed by atoms with E-state index in [0.29, 0.717) is 13.1 Å². The molecular formula is C6H3BBr2O2. The van der Waals surface area contributed by atoms with Gasteiger partial charge in [0.15, 0.2) is 0 Å². The van der Waals surface area contributed by atoms with Crippen LogP contribution in [-0.4, -0.2) is 7.35 Å². The first-order chi connectivity index (χ1) is 5.22. The van der Waals surface area contributed by atoms with Crippen molar-refractivity contribution in [3.05, 3.63) is 27.1 Å². The molecule has 2 nitrogen and oxygen atoms in total. The Morgan fingerprint density at radius 3 is 2.18 bits per heavy atom. The third-order valence-corrected chi connectivity index (χ3v) is 1.94. The molecule has 0 amide bonds. The molecule has 0 saturated heterocycles. The van der Waals surface area contributed by atoms with E-state index in [1.165, 1.54) is 0 Å². The fourth-order valence-electron chi connectivity index (χ4n) is 0.652. The normalized spacial score (nSPS) is 8.91. The summed E-state index contributed by atoms with van der Waals surface area (Å²) in [6.45, 7) is 0. The fraction of sp³-hybridized carbons (Fsp3) is 0. The average Bonchev–Trinajstić information content (AvgIpc) is 1.85. The van der Waals surface area contributed by atoms with Crippen molar-refractivity contribution >= 4 is 39.2 Å². The minimum atomic E-state index is 0.397. The predicted octanol–water partition coefficient (Wildman–Crippen LogP) is 2.56. The Balaban J connectivity index is 2.98. The summed E-state index contributed by atoms with van der Waals surface area (Å²) in [5.74, 6) is 0.515. The van der Waals surface area contributed by atoms with Crippen molar-refractivity contribution in [3.8, 4) is 5.75 Å². The van der Waals surface area contributed by atoms with Crippen LogP contribution in [0.2, 0.25) is 0 Å². The van der Waals surface area contributed by atoms with E-state index in [1.807, 2.05) is 6.07 Å². The van der Waals surface area contributed by atoms with Crippen molar-refractivity contribution in [2.24, 2.45) is 0 Å². The SMILES string of the molecule is O=BOc1cc(Br)cc(Br)c1. The summed E-state index contributed by atoms with van der Waals surface area (Å²) < 4.78 is 16.3. The van der Waals surface area contributed by atoms with Crippen LogP contribution < -0.4 is 4.65 Å². The van der Waals surface area contributed by atoms with Crippen LogP contribution in [0.3, 0.4) is 0 Å². The van der Waals surface area contributed by atoms with Gasteiger partial charge in [-0.05, 0) is 0 Å². The third-order valence-electron chi connectivity index (χ3n) is 1.02. The minimum absolute atomic E-state index is 0.397. The Labute approximate surface area is 81.5 Å². The van der Waals surface area contributed by atoms with E-state index in [9.17, 15) is 4.70 Å². The van der Waals surface area contributed by atoms with Gasteiger partial charge in [-0.3, -0.25) is 0 Å². The maximum absolute atomic E-state index is 9.94. The van der Waals surface area contributed by atoms with Gasteiger partial charge in [-0.1, -0.05) is 0 Å². The Hall–Kier alpha value is -0.155. The molecular weight excluding hydrogens is 275 g/mol. The van der Waals surface area contributed by atoms with E-state index in [4.69, 9.17) is 0 Å². The molecule has 0 aliphatic heterocycles. The summed E-state index contributed by atoms with van der Waals surface area (Å²) in [6, 6.07) is 5.27. The van der Waals surface area contributed by atoms with Crippen LogP contribution in [-0.2, 0) is 4.70 Å². The zero-order valence-electron chi connectivity index (χ0n) is 5.38. The first-order valence-corrected chi connectivity index (χ1v) is 4.37. The molecule has 0 N–H and O–H groups in total. The first-order valence-electron chi connectivity index (χ1n) is 2.79. The van der Waals surface area contributed by atoms with Crippen molar-refractivity contribution in [1.82, 2.24) is 0 Å². The molecule has 11 heavy (non-hydrogen) atoms. The summed E-state index contributed by atoms with van der Waals surface area (Å²) in [5.41, 5.74) is 0. The molecule has 0 saturated carbocycles. The quantitative estimate of drug-likeness (QED) is 0.777. The summed E-state index contributed by atoms with van der Waals surface area (Å²) in [4.78, 5) is 0. The first kappa shape index (κ1) is 8.94. The average molecular weight is 278 g/mol. The second-order valence-corrected chi connectivity index (χ2v) is 3.65. The number of benzene rings is 1. The summed E-state index contributed by atoms with van der Waals surface area (Å²) in [7, 11) is 0.397. The molecule has 0 spiro atoms. The molecule has 0 radical (unpaired) electrons. The Bertz CT molecular complexity index is 257. The monoisotopic (exact) mass is 276 g/mol. The Morgan fingerprint density at radius 1 is 1.18 bits per heavy atom. The van der Waals surface area contributed by atoms with E-state index >= 15 is 0 Å². The second kappa shape index (κ2) is 4.02. The molecule has 5 heteroatoms. The standard InChI is InChI=1S/C6H3BBr2O2/c8-4-1-5(9)3-6(2-4)11-7-10/h1-3H. The van der Waals surface area contributed by atoms with E-state index in [2.05, 4.69) is 36.5 Å². The van der Waals surface area contributed by atoms with Gasteiger partial charge in [-0.2, -0.15) is 0 Å². The number of halogens is 2. The fourth-order valence-corrected chi connectivity index (χ4v) is 1.90. The molecule has 0 atom stereocenters. The van der Waals surface area contributed by atoms with Crippen molar-refractivity contribution < 1.29 is 9.36 Å². The van der Waals surface area contributed by atoms with Crippen LogP contribution in [0.25, 0.3) is 0 Å². The summed E-state index contributed by atoms with van der Waals surface area (Å²) >= 11 is 6.51. The molecule has 0 fully saturated rings. The summed E-state index contributed by atoms with van der Waals surface area (Å²) in [6.07, 6.45) is 0. The van der Waals surface area contributed by atoms with E-state index < -0.39 is 0 Å². The van der Waals surface area contributed by atoms with Crippen LogP contribution >= 0.6 is 31.9 Å². The topological polar surface area (TPSA) is 26.3 Å². The van der Waals surface area contributed by atoms with Gasteiger partial charge in [0.05, 0.1) is 0 Å². The van der Waals surface area contributed by atoms with Crippen LogP contribution in [0.15, 0.2) is 27.1 Å². The molecule has 0 unspecified atom stereocenters. The second-order valence-electron chi connectivity index (χ2n) is 1.82. The van der Waals surface area contributed by atoms with Crippen LogP contribution in [0, 0.1) is 0 Å². The molecule has 56 valence electrons. The van der Waals surface area contributed by atoms with Crippen LogP contribution in [0.4, 0.5) is 0 Å². The van der Waals surface area contributed by atoms with Gasteiger partial charge in [0, 0.05) is 0 Å². The molecule has 0 bridgehead atoms. The van der Waals surface area contributed by atoms with Gasteiger partial charge in [-0.15, -0.1) is 0 Å². The van der Waals surface area contributed by atoms with E-state index in [1.54, 1.807) is 12.1 Å². The maximum atomic E-state index is 9.94. The van der Waals surface area contributed by atoms with Crippen LogP contribution in [0.1, 0.15) is 0 Å². The number of hydrogen-bond acceptors (Lipinski definition) is 2. The van der Waals surface area contributed by atoms with Crippen molar-refractivity contribution in [1.29, 1.82) is 0 Å². The molecule has 0 aromatic heterocycles. The predicted molar refractivity (Wildman–Crippen MR) is 48.9 cm³/mol. The molecule has 0 aliphatic rings. The zero-order chi connectivity index (χ0) is 8.27. The Morgan fingerprint density at radius 2 is 1.73 bits per heavy atom. The van der Waals surface area contributed by atoms with Gasteiger partial charge < -0.3 is 0 Å². The van der Waals surface area contributed by atoms with Gasteiger partial charge in [-0.25, -0.2) is 0 Å². The van der Waals surface area contributed by atoms with E-state index in [0.717, 1.165) is 8.95 Å². The number of rotatable bonds is 2. The van der Waals surface area contributed by atoms with Gasteiger partial charge >= 0.3 is 81.5 Å². The number of hydrogen-bond donors (Lipinski definition) is 0. The van der Waals surface area contributed by atoms with Gasteiger partial charge in [0.25, 0.3) is 0 Å².